The van der Waals surface area contributed by atoms with Gasteiger partial charge >= 0.3 is 0 Å². The van der Waals surface area contributed by atoms with Crippen molar-refractivity contribution < 1.29 is 15.3 Å². The molecule has 4 aliphatic carbocycles. The summed E-state index contributed by atoms with van der Waals surface area (Å²) in [6.45, 7) is 1.77. The Hall–Kier alpha value is -1.77. The van der Waals surface area contributed by atoms with Crippen molar-refractivity contribution in [1.82, 2.24) is 19.5 Å². The van der Waals surface area contributed by atoms with Crippen LogP contribution in [0.1, 0.15) is 44.0 Å². The fourth-order valence-corrected chi connectivity index (χ4v) is 6.49. The number of rotatable bonds is 4. The molecule has 0 radical (unpaired) electrons. The molecule has 8 heteroatoms. The molecule has 0 spiro atoms. The van der Waals surface area contributed by atoms with Gasteiger partial charge in [-0.05, 0) is 50.4 Å². The van der Waals surface area contributed by atoms with Crippen LogP contribution in [0.2, 0.25) is 0 Å². The Morgan fingerprint density at radius 3 is 2.79 bits per heavy atom. The summed E-state index contributed by atoms with van der Waals surface area (Å²) in [6.07, 6.45) is 5.73. The van der Waals surface area contributed by atoms with Gasteiger partial charge in [0.15, 0.2) is 11.5 Å². The van der Waals surface area contributed by atoms with Crippen molar-refractivity contribution in [2.45, 2.75) is 63.3 Å². The molecule has 4 aliphatic rings. The van der Waals surface area contributed by atoms with E-state index in [2.05, 4.69) is 20.3 Å². The van der Waals surface area contributed by atoms with E-state index in [-0.39, 0.29) is 18.6 Å². The molecule has 150 valence electrons. The van der Waals surface area contributed by atoms with Gasteiger partial charge in [0.05, 0.1) is 25.1 Å². The summed E-state index contributed by atoms with van der Waals surface area (Å²) >= 11 is 0. The van der Waals surface area contributed by atoms with Crippen LogP contribution in [0.5, 0.6) is 0 Å². The molecule has 0 aliphatic heterocycles. The molecular formula is C20H27N5O3. The van der Waals surface area contributed by atoms with E-state index in [1.54, 1.807) is 6.33 Å². The summed E-state index contributed by atoms with van der Waals surface area (Å²) in [5.41, 5.74) is 0.833. The van der Waals surface area contributed by atoms with Gasteiger partial charge in [0.1, 0.15) is 17.4 Å². The first-order valence-electron chi connectivity index (χ1n) is 10.5. The van der Waals surface area contributed by atoms with Crippen LogP contribution in [0, 0.1) is 30.1 Å². The maximum absolute atomic E-state index is 10.7. The molecule has 2 bridgehead atoms. The molecule has 4 fully saturated rings. The van der Waals surface area contributed by atoms with Crippen LogP contribution < -0.4 is 5.32 Å². The smallest absolute Gasteiger partial charge is 0.166 e. The normalized spacial score (nSPS) is 43.6. The summed E-state index contributed by atoms with van der Waals surface area (Å²) in [5, 5.41) is 34.5. The summed E-state index contributed by atoms with van der Waals surface area (Å²) in [7, 11) is 0. The summed E-state index contributed by atoms with van der Waals surface area (Å²) < 4.78 is 1.89. The zero-order valence-electron chi connectivity index (χ0n) is 16.0. The quantitative estimate of drug-likeness (QED) is 0.621. The van der Waals surface area contributed by atoms with E-state index >= 15 is 0 Å². The number of nitrogens with zero attached hydrogens (tertiary/aromatic N) is 4. The second-order valence-corrected chi connectivity index (χ2v) is 9.50. The molecule has 0 aromatic carbocycles. The fourth-order valence-electron chi connectivity index (χ4n) is 6.49. The van der Waals surface area contributed by atoms with Crippen molar-refractivity contribution in [1.29, 1.82) is 0 Å². The van der Waals surface area contributed by atoms with E-state index in [9.17, 15) is 15.3 Å². The lowest BCUT2D eigenvalue weighted by molar-refractivity contribution is -0.0300. The van der Waals surface area contributed by atoms with Crippen LogP contribution in [-0.2, 0) is 0 Å². The number of nitrogens with one attached hydrogen (secondary N) is 1. The number of hydrogen-bond acceptors (Lipinski definition) is 7. The highest BCUT2D eigenvalue weighted by Crippen LogP contribution is 2.67. The molecule has 0 saturated heterocycles. The zero-order valence-corrected chi connectivity index (χ0v) is 16.0. The first kappa shape index (κ1) is 17.1. The molecule has 28 heavy (non-hydrogen) atoms. The molecule has 5 unspecified atom stereocenters. The van der Waals surface area contributed by atoms with Crippen LogP contribution in [0.3, 0.4) is 0 Å². The Balaban J connectivity index is 1.37. The van der Waals surface area contributed by atoms with E-state index in [0.717, 1.165) is 23.2 Å². The van der Waals surface area contributed by atoms with Gasteiger partial charge in [-0.3, -0.25) is 0 Å². The molecule has 6 rings (SSSR count). The Morgan fingerprint density at radius 2 is 2.11 bits per heavy atom. The molecule has 8 nitrogen and oxygen atoms in total. The van der Waals surface area contributed by atoms with Crippen molar-refractivity contribution in [3.63, 3.8) is 0 Å². The summed E-state index contributed by atoms with van der Waals surface area (Å²) in [6, 6.07) is 0.127. The average molecular weight is 385 g/mol. The predicted molar refractivity (Wildman–Crippen MR) is 102 cm³/mol. The van der Waals surface area contributed by atoms with E-state index in [1.807, 2.05) is 11.5 Å². The predicted octanol–water partition coefficient (Wildman–Crippen LogP) is 1.01. The highest BCUT2D eigenvalue weighted by molar-refractivity contribution is 5.83. The number of anilines is 1. The molecule has 4 saturated carbocycles. The third-order valence-electron chi connectivity index (χ3n) is 8.06. The lowest BCUT2D eigenvalue weighted by Crippen LogP contribution is -2.35. The van der Waals surface area contributed by atoms with Crippen molar-refractivity contribution >= 4 is 17.0 Å². The van der Waals surface area contributed by atoms with Gasteiger partial charge in [0.2, 0.25) is 0 Å². The van der Waals surface area contributed by atoms with Crippen molar-refractivity contribution in [2.75, 3.05) is 11.9 Å². The zero-order chi connectivity index (χ0) is 19.2. The minimum atomic E-state index is -0.930. The van der Waals surface area contributed by atoms with E-state index in [0.29, 0.717) is 23.9 Å². The lowest BCUT2D eigenvalue weighted by atomic mass is 9.95. The van der Waals surface area contributed by atoms with Crippen molar-refractivity contribution in [3.05, 3.63) is 12.2 Å². The third-order valence-corrected chi connectivity index (χ3v) is 8.06. The number of aromatic nitrogens is 4. The fraction of sp³-hybridized carbons (Fsp3) is 0.750. The van der Waals surface area contributed by atoms with Crippen LogP contribution in [-0.4, -0.2) is 59.7 Å². The maximum Gasteiger partial charge on any atom is 0.166 e. The van der Waals surface area contributed by atoms with Crippen LogP contribution >= 0.6 is 0 Å². The summed E-state index contributed by atoms with van der Waals surface area (Å²) in [4.78, 5) is 13.8. The van der Waals surface area contributed by atoms with Gasteiger partial charge in [0, 0.05) is 11.5 Å². The SMILES string of the molecule is Cc1nc(NC2CC3CCC2C3)c2ncn([C@@H]3C4C[C@@]4(CO)C(O)[C@H]3O)c2n1. The number of aliphatic hydroxyl groups is 3. The summed E-state index contributed by atoms with van der Waals surface area (Å²) in [5.74, 6) is 3.04. The molecular weight excluding hydrogens is 358 g/mol. The number of fused-ring (bicyclic) bond motifs is 4. The number of imidazole rings is 1. The van der Waals surface area contributed by atoms with Crippen LogP contribution in [0.25, 0.3) is 11.2 Å². The molecule has 2 aromatic heterocycles. The first-order chi connectivity index (χ1) is 13.5. The van der Waals surface area contributed by atoms with Gasteiger partial charge in [-0.15, -0.1) is 0 Å². The highest BCUT2D eigenvalue weighted by atomic mass is 16.3. The van der Waals surface area contributed by atoms with Crippen molar-refractivity contribution in [2.24, 2.45) is 23.2 Å². The number of hydrogen-bond donors (Lipinski definition) is 4. The van der Waals surface area contributed by atoms with Gasteiger partial charge in [-0.25, -0.2) is 15.0 Å². The Labute approximate surface area is 163 Å². The van der Waals surface area contributed by atoms with E-state index in [4.69, 9.17) is 0 Å². The molecule has 4 N–H and O–H groups in total. The van der Waals surface area contributed by atoms with Gasteiger partial charge in [-0.2, -0.15) is 0 Å². The van der Waals surface area contributed by atoms with E-state index < -0.39 is 17.6 Å². The third kappa shape index (κ3) is 2.14. The largest absolute Gasteiger partial charge is 0.396 e. The highest BCUT2D eigenvalue weighted by Gasteiger charge is 2.71. The van der Waals surface area contributed by atoms with Crippen LogP contribution in [0.4, 0.5) is 5.82 Å². The molecule has 2 aromatic rings. The second kappa shape index (κ2) is 5.64. The second-order valence-electron chi connectivity index (χ2n) is 9.50. The monoisotopic (exact) mass is 385 g/mol. The maximum atomic E-state index is 10.7. The lowest BCUT2D eigenvalue weighted by Gasteiger charge is -2.24. The topological polar surface area (TPSA) is 116 Å². The standard InChI is InChI=1S/C20H27N5O3/c1-9-22-18(24-13-5-10-2-3-11(13)4-10)14-19(23-9)25(8-21-14)15-12-6-20(12,7-26)17(28)16(15)27/h8,10-13,15-17,26-28H,2-7H2,1H3,(H,22,23,24)/t10?,11?,12?,13?,15-,16+,17?,20+/m1/s1. The number of aryl methyl sites for hydroxylation is 1. The Morgan fingerprint density at radius 1 is 1.25 bits per heavy atom. The van der Waals surface area contributed by atoms with Crippen molar-refractivity contribution in [3.8, 4) is 0 Å². The Bertz CT molecular complexity index is 947. The number of aliphatic hydroxyl groups excluding tert-OH is 3. The average Bonchev–Trinajstić information content (AvgIpc) is 3.04. The van der Waals surface area contributed by atoms with Gasteiger partial charge in [-0.1, -0.05) is 6.42 Å². The Kier molecular flexibility index (Phi) is 3.45. The minimum Gasteiger partial charge on any atom is -0.396 e. The molecule has 8 atom stereocenters. The molecule has 2 heterocycles. The van der Waals surface area contributed by atoms with Gasteiger partial charge in [0.25, 0.3) is 0 Å². The van der Waals surface area contributed by atoms with E-state index in [1.165, 1.54) is 25.7 Å². The minimum absolute atomic E-state index is 0.0390. The van der Waals surface area contributed by atoms with Crippen LogP contribution in [0.15, 0.2) is 6.33 Å². The molecule has 0 amide bonds. The first-order valence-corrected chi connectivity index (χ1v) is 10.5. The van der Waals surface area contributed by atoms with Gasteiger partial charge < -0.3 is 25.2 Å².